The van der Waals surface area contributed by atoms with Gasteiger partial charge in [-0.2, -0.15) is 0 Å². The molecule has 7 heteroatoms. The number of carbonyl (C=O) groups is 2. The largest absolute Gasteiger partial charge is 0.342 e. The van der Waals surface area contributed by atoms with Crippen LogP contribution in [-0.4, -0.2) is 63.3 Å². The van der Waals surface area contributed by atoms with Crippen molar-refractivity contribution in [2.45, 2.75) is 75.9 Å². The fourth-order valence-corrected chi connectivity index (χ4v) is 5.29. The van der Waals surface area contributed by atoms with E-state index in [0.717, 1.165) is 37.4 Å². The summed E-state index contributed by atoms with van der Waals surface area (Å²) in [4.78, 5) is 31.7. The molecular weight excluding hydrogens is 410 g/mol. The summed E-state index contributed by atoms with van der Waals surface area (Å²) in [6.45, 7) is 9.31. The SMILES string of the molecule is CCCCN1C(=O)[C@H](CC(C)C)NC(=O)C12CCN(Cc1ccc(S(C)=O)cc1)CC2. The van der Waals surface area contributed by atoms with E-state index in [9.17, 15) is 13.8 Å². The van der Waals surface area contributed by atoms with E-state index >= 15 is 0 Å². The molecule has 1 N–H and O–H groups in total. The Morgan fingerprint density at radius 2 is 1.81 bits per heavy atom. The number of piperazine rings is 1. The maximum Gasteiger partial charge on any atom is 0.246 e. The van der Waals surface area contributed by atoms with E-state index in [0.29, 0.717) is 31.7 Å². The molecule has 6 nitrogen and oxygen atoms in total. The fourth-order valence-electron chi connectivity index (χ4n) is 4.77. The van der Waals surface area contributed by atoms with Gasteiger partial charge < -0.3 is 10.2 Å². The standard InChI is InChI=1S/C24H37N3O3S/c1-5-6-13-27-22(28)21(16-18(2)3)25-23(29)24(27)11-14-26(15-12-24)17-19-7-9-20(10-8-19)31(4)30/h7-10,18,21H,5-6,11-17H2,1-4H3,(H,25,29)/t21-,31?/m0/s1. The molecule has 2 heterocycles. The number of piperidine rings is 1. The molecule has 0 saturated carbocycles. The second-order valence-corrected chi connectivity index (χ2v) is 10.8. The second-order valence-electron chi connectivity index (χ2n) is 9.40. The molecule has 0 bridgehead atoms. The van der Waals surface area contributed by atoms with Crippen molar-refractivity contribution in [2.24, 2.45) is 5.92 Å². The van der Waals surface area contributed by atoms with E-state index in [4.69, 9.17) is 0 Å². The topological polar surface area (TPSA) is 69.7 Å². The number of nitrogens with zero attached hydrogens (tertiary/aromatic N) is 2. The molecule has 2 atom stereocenters. The lowest BCUT2D eigenvalue weighted by Crippen LogP contribution is -2.73. The van der Waals surface area contributed by atoms with Gasteiger partial charge in [-0.3, -0.25) is 18.7 Å². The van der Waals surface area contributed by atoms with Gasteiger partial charge in [-0.05, 0) is 49.3 Å². The highest BCUT2D eigenvalue weighted by atomic mass is 32.2. The van der Waals surface area contributed by atoms with Crippen LogP contribution < -0.4 is 5.32 Å². The van der Waals surface area contributed by atoms with Gasteiger partial charge in [0.1, 0.15) is 11.6 Å². The summed E-state index contributed by atoms with van der Waals surface area (Å²) in [6, 6.07) is 7.51. The molecule has 1 aromatic rings. The molecule has 172 valence electrons. The Bertz CT molecular complexity index is 801. The van der Waals surface area contributed by atoms with Crippen molar-refractivity contribution in [3.8, 4) is 0 Å². The number of rotatable bonds is 8. The smallest absolute Gasteiger partial charge is 0.246 e. The third-order valence-electron chi connectivity index (χ3n) is 6.60. The summed E-state index contributed by atoms with van der Waals surface area (Å²) in [7, 11) is -0.968. The number of unbranched alkanes of at least 4 members (excludes halogenated alkanes) is 1. The van der Waals surface area contributed by atoms with Gasteiger partial charge in [0.25, 0.3) is 0 Å². The molecular formula is C24H37N3O3S. The molecule has 2 aliphatic rings. The normalized spacial score (nSPS) is 22.7. The minimum atomic E-state index is -0.968. The van der Waals surface area contributed by atoms with Crippen LogP contribution in [0.4, 0.5) is 0 Å². The summed E-state index contributed by atoms with van der Waals surface area (Å²) >= 11 is 0. The van der Waals surface area contributed by atoms with E-state index in [-0.39, 0.29) is 11.8 Å². The Balaban J connectivity index is 1.70. The number of likely N-dealkylation sites (tertiary alicyclic amines) is 1. The monoisotopic (exact) mass is 447 g/mol. The van der Waals surface area contributed by atoms with E-state index < -0.39 is 22.4 Å². The Morgan fingerprint density at radius 1 is 1.16 bits per heavy atom. The van der Waals surface area contributed by atoms with E-state index in [1.165, 1.54) is 5.56 Å². The Morgan fingerprint density at radius 3 is 2.35 bits per heavy atom. The van der Waals surface area contributed by atoms with Crippen LogP contribution >= 0.6 is 0 Å². The van der Waals surface area contributed by atoms with Crippen LogP contribution in [0.2, 0.25) is 0 Å². The predicted molar refractivity (Wildman–Crippen MR) is 124 cm³/mol. The maximum absolute atomic E-state index is 13.3. The highest BCUT2D eigenvalue weighted by Gasteiger charge is 2.53. The van der Waals surface area contributed by atoms with Crippen molar-refractivity contribution in [3.05, 3.63) is 29.8 Å². The zero-order valence-corrected chi connectivity index (χ0v) is 20.2. The Hall–Kier alpha value is -1.73. The van der Waals surface area contributed by atoms with Crippen molar-refractivity contribution >= 4 is 22.6 Å². The third-order valence-corrected chi connectivity index (χ3v) is 7.53. The van der Waals surface area contributed by atoms with Crippen molar-refractivity contribution in [1.29, 1.82) is 0 Å². The van der Waals surface area contributed by atoms with Gasteiger partial charge >= 0.3 is 0 Å². The summed E-state index contributed by atoms with van der Waals surface area (Å²) in [6.07, 6.45) is 5.63. The highest BCUT2D eigenvalue weighted by Crippen LogP contribution is 2.34. The molecule has 3 rings (SSSR count). The molecule has 0 radical (unpaired) electrons. The molecule has 1 aromatic carbocycles. The lowest BCUT2D eigenvalue weighted by Gasteiger charge is -2.52. The van der Waals surface area contributed by atoms with Gasteiger partial charge in [-0.15, -0.1) is 0 Å². The third kappa shape index (κ3) is 5.37. The second kappa shape index (κ2) is 10.3. The van der Waals surface area contributed by atoms with Crippen LogP contribution in [0.3, 0.4) is 0 Å². The highest BCUT2D eigenvalue weighted by molar-refractivity contribution is 7.84. The first-order valence-electron chi connectivity index (χ1n) is 11.5. The van der Waals surface area contributed by atoms with Gasteiger partial charge in [-0.1, -0.05) is 39.3 Å². The Kier molecular flexibility index (Phi) is 7.92. The molecule has 2 fully saturated rings. The molecule has 1 unspecified atom stereocenters. The molecule has 1 spiro atoms. The average Bonchev–Trinajstić information content (AvgIpc) is 2.73. The molecule has 2 aliphatic heterocycles. The van der Waals surface area contributed by atoms with E-state index in [2.05, 4.69) is 31.0 Å². The zero-order valence-electron chi connectivity index (χ0n) is 19.4. The summed E-state index contributed by atoms with van der Waals surface area (Å²) in [5.74, 6) is 0.483. The number of hydrogen-bond acceptors (Lipinski definition) is 4. The summed E-state index contributed by atoms with van der Waals surface area (Å²) in [5, 5.41) is 3.07. The maximum atomic E-state index is 13.3. The first kappa shape index (κ1) is 23.9. The minimum absolute atomic E-state index is 0.0308. The molecule has 31 heavy (non-hydrogen) atoms. The predicted octanol–water partition coefficient (Wildman–Crippen LogP) is 2.93. The number of nitrogens with one attached hydrogen (secondary N) is 1. The zero-order chi connectivity index (χ0) is 22.6. The van der Waals surface area contributed by atoms with E-state index in [1.54, 1.807) is 6.26 Å². The van der Waals surface area contributed by atoms with Crippen molar-refractivity contribution in [3.63, 3.8) is 0 Å². The van der Waals surface area contributed by atoms with Crippen LogP contribution in [0.15, 0.2) is 29.2 Å². The summed E-state index contributed by atoms with van der Waals surface area (Å²) in [5.41, 5.74) is 0.466. The van der Waals surface area contributed by atoms with Gasteiger partial charge in [0.15, 0.2) is 0 Å². The number of hydrogen-bond donors (Lipinski definition) is 1. The molecule has 2 amide bonds. The fraction of sp³-hybridized carbons (Fsp3) is 0.667. The van der Waals surface area contributed by atoms with Crippen molar-refractivity contribution in [2.75, 3.05) is 25.9 Å². The first-order chi connectivity index (χ1) is 14.8. The van der Waals surface area contributed by atoms with Gasteiger partial charge in [0.05, 0.1) is 0 Å². The van der Waals surface area contributed by atoms with Crippen LogP contribution in [0.25, 0.3) is 0 Å². The first-order valence-corrected chi connectivity index (χ1v) is 13.1. The average molecular weight is 448 g/mol. The molecule has 0 aromatic heterocycles. The van der Waals surface area contributed by atoms with Crippen LogP contribution in [0, 0.1) is 5.92 Å². The lowest BCUT2D eigenvalue weighted by atomic mass is 9.80. The van der Waals surface area contributed by atoms with Crippen LogP contribution in [-0.2, 0) is 26.9 Å². The van der Waals surface area contributed by atoms with Crippen molar-refractivity contribution < 1.29 is 13.8 Å². The lowest BCUT2D eigenvalue weighted by molar-refractivity contribution is -0.161. The molecule has 0 aliphatic carbocycles. The van der Waals surface area contributed by atoms with Crippen LogP contribution in [0.5, 0.6) is 0 Å². The van der Waals surface area contributed by atoms with Gasteiger partial charge in [0.2, 0.25) is 11.8 Å². The number of benzene rings is 1. The Labute approximate surface area is 189 Å². The quantitative estimate of drug-likeness (QED) is 0.665. The minimum Gasteiger partial charge on any atom is -0.342 e. The van der Waals surface area contributed by atoms with E-state index in [1.807, 2.05) is 29.2 Å². The van der Waals surface area contributed by atoms with Gasteiger partial charge in [-0.25, -0.2) is 0 Å². The van der Waals surface area contributed by atoms with Gasteiger partial charge in [0, 0.05) is 48.1 Å². The van der Waals surface area contributed by atoms with Crippen molar-refractivity contribution in [1.82, 2.24) is 15.1 Å². The number of amides is 2. The summed E-state index contributed by atoms with van der Waals surface area (Å²) < 4.78 is 11.6. The molecule has 2 saturated heterocycles. The number of carbonyl (C=O) groups excluding carboxylic acids is 2. The van der Waals surface area contributed by atoms with Crippen LogP contribution in [0.1, 0.15) is 58.4 Å².